The molecule has 1 aromatic carbocycles. The molecule has 1 amide bonds. The van der Waals surface area contributed by atoms with Crippen LogP contribution >= 0.6 is 12.4 Å². The van der Waals surface area contributed by atoms with E-state index in [-0.39, 0.29) is 12.4 Å². The summed E-state index contributed by atoms with van der Waals surface area (Å²) in [5.74, 6) is 0. The second kappa shape index (κ2) is 4.85. The Morgan fingerprint density at radius 1 is 1.14 bits per heavy atom. The van der Waals surface area contributed by atoms with E-state index in [1.807, 2.05) is 0 Å². The van der Waals surface area contributed by atoms with E-state index in [4.69, 9.17) is 0 Å². The number of hydrogen-bond donors (Lipinski definition) is 1. The second-order valence-corrected chi connectivity index (χ2v) is 2.34. The molecule has 6 heteroatoms. The first-order chi connectivity index (χ1) is 6.04. The van der Waals surface area contributed by atoms with Gasteiger partial charge in [0.2, 0.25) is 6.41 Å². The van der Waals surface area contributed by atoms with Crippen molar-refractivity contribution in [1.29, 1.82) is 0 Å². The molecular formula is C8H7ClF3NO. The Morgan fingerprint density at radius 3 is 2.00 bits per heavy atom. The molecule has 0 atom stereocenters. The first-order valence-electron chi connectivity index (χ1n) is 3.41. The molecule has 0 aliphatic heterocycles. The van der Waals surface area contributed by atoms with Crippen molar-refractivity contribution in [2.75, 3.05) is 5.32 Å². The Bertz CT molecular complexity index is 296. The van der Waals surface area contributed by atoms with Gasteiger partial charge in [-0.3, -0.25) is 4.79 Å². The van der Waals surface area contributed by atoms with Crippen LogP contribution in [-0.4, -0.2) is 6.41 Å². The molecule has 0 heterocycles. The minimum Gasteiger partial charge on any atom is -0.329 e. The van der Waals surface area contributed by atoms with Gasteiger partial charge in [0, 0.05) is 5.69 Å². The maximum Gasteiger partial charge on any atom is 0.416 e. The van der Waals surface area contributed by atoms with E-state index in [1.54, 1.807) is 0 Å². The molecule has 0 unspecified atom stereocenters. The van der Waals surface area contributed by atoms with Crippen LogP contribution in [0.1, 0.15) is 5.56 Å². The van der Waals surface area contributed by atoms with Gasteiger partial charge in [0.15, 0.2) is 0 Å². The maximum atomic E-state index is 12.0. The number of anilines is 1. The van der Waals surface area contributed by atoms with E-state index in [9.17, 15) is 18.0 Å². The number of carbonyl (C=O) groups is 1. The minimum atomic E-state index is -4.33. The third-order valence-electron chi connectivity index (χ3n) is 1.44. The van der Waals surface area contributed by atoms with Gasteiger partial charge in [-0.2, -0.15) is 13.2 Å². The number of benzene rings is 1. The van der Waals surface area contributed by atoms with E-state index in [1.165, 1.54) is 12.1 Å². The molecule has 0 fully saturated rings. The van der Waals surface area contributed by atoms with Gasteiger partial charge in [-0.15, -0.1) is 12.4 Å². The van der Waals surface area contributed by atoms with E-state index in [0.717, 1.165) is 12.1 Å². The van der Waals surface area contributed by atoms with Gasteiger partial charge in [0.05, 0.1) is 5.56 Å². The molecule has 0 radical (unpaired) electrons. The monoisotopic (exact) mass is 225 g/mol. The summed E-state index contributed by atoms with van der Waals surface area (Å²) in [5, 5.41) is 2.24. The third kappa shape index (κ3) is 3.26. The molecular weight excluding hydrogens is 219 g/mol. The maximum absolute atomic E-state index is 12.0. The largest absolute Gasteiger partial charge is 0.416 e. The first kappa shape index (κ1) is 12.8. The summed E-state index contributed by atoms with van der Waals surface area (Å²) in [7, 11) is 0. The Morgan fingerprint density at radius 2 is 1.64 bits per heavy atom. The summed E-state index contributed by atoms with van der Waals surface area (Å²) >= 11 is 0. The Kier molecular flexibility index (Phi) is 4.43. The number of hydrogen-bond acceptors (Lipinski definition) is 1. The van der Waals surface area contributed by atoms with Crippen LogP contribution in [-0.2, 0) is 11.0 Å². The highest BCUT2D eigenvalue weighted by atomic mass is 35.5. The summed E-state index contributed by atoms with van der Waals surface area (Å²) in [6.07, 6.45) is -3.93. The van der Waals surface area contributed by atoms with Crippen LogP contribution < -0.4 is 5.32 Å². The third-order valence-corrected chi connectivity index (χ3v) is 1.44. The summed E-state index contributed by atoms with van der Waals surface area (Å²) in [5.41, 5.74) is -0.396. The average molecular weight is 226 g/mol. The molecule has 2 nitrogen and oxygen atoms in total. The highest BCUT2D eigenvalue weighted by Gasteiger charge is 2.29. The minimum absolute atomic E-state index is 0. The molecule has 14 heavy (non-hydrogen) atoms. The number of halogens is 4. The van der Waals surface area contributed by atoms with E-state index in [0.29, 0.717) is 12.1 Å². The molecule has 1 aromatic rings. The van der Waals surface area contributed by atoms with Crippen molar-refractivity contribution in [3.8, 4) is 0 Å². The Labute approximate surface area is 84.5 Å². The predicted molar refractivity (Wildman–Crippen MR) is 48.4 cm³/mol. The van der Waals surface area contributed by atoms with Gasteiger partial charge in [-0.25, -0.2) is 0 Å². The molecule has 1 N–H and O–H groups in total. The lowest BCUT2D eigenvalue weighted by Crippen LogP contribution is -2.04. The van der Waals surface area contributed by atoms with Gasteiger partial charge < -0.3 is 5.32 Å². The summed E-state index contributed by atoms with van der Waals surface area (Å²) in [6.45, 7) is 0. The molecule has 0 aliphatic rings. The summed E-state index contributed by atoms with van der Waals surface area (Å²) < 4.78 is 36.0. The van der Waals surface area contributed by atoms with Crippen molar-refractivity contribution in [1.82, 2.24) is 0 Å². The van der Waals surface area contributed by atoms with Gasteiger partial charge in [0.25, 0.3) is 0 Å². The van der Waals surface area contributed by atoms with Crippen molar-refractivity contribution in [2.24, 2.45) is 0 Å². The highest BCUT2D eigenvalue weighted by molar-refractivity contribution is 5.85. The number of nitrogens with one attached hydrogen (secondary N) is 1. The number of rotatable bonds is 2. The Hall–Kier alpha value is -1.23. The van der Waals surface area contributed by atoms with E-state index in [2.05, 4.69) is 5.32 Å². The number of carbonyl (C=O) groups excluding carboxylic acids is 1. The average Bonchev–Trinajstić information content (AvgIpc) is 2.04. The van der Waals surface area contributed by atoms with Gasteiger partial charge >= 0.3 is 6.18 Å². The topological polar surface area (TPSA) is 29.1 Å². The highest BCUT2D eigenvalue weighted by Crippen LogP contribution is 2.29. The van der Waals surface area contributed by atoms with Crippen LogP contribution in [0.2, 0.25) is 0 Å². The number of alkyl halides is 3. The molecule has 1 rings (SSSR count). The molecule has 0 saturated carbocycles. The van der Waals surface area contributed by atoms with Crippen LogP contribution in [0.25, 0.3) is 0 Å². The molecule has 0 spiro atoms. The van der Waals surface area contributed by atoms with Crippen LogP contribution in [0.4, 0.5) is 18.9 Å². The Balaban J connectivity index is 0.00000169. The fourth-order valence-corrected chi connectivity index (χ4v) is 0.823. The van der Waals surface area contributed by atoms with Gasteiger partial charge in [0.1, 0.15) is 0 Å². The molecule has 0 aliphatic carbocycles. The molecule has 0 aromatic heterocycles. The van der Waals surface area contributed by atoms with E-state index < -0.39 is 11.7 Å². The van der Waals surface area contributed by atoms with Crippen LogP contribution in [0.3, 0.4) is 0 Å². The lowest BCUT2D eigenvalue weighted by atomic mass is 10.2. The fourth-order valence-electron chi connectivity index (χ4n) is 0.823. The van der Waals surface area contributed by atoms with Crippen molar-refractivity contribution in [2.45, 2.75) is 6.18 Å². The zero-order valence-corrected chi connectivity index (χ0v) is 7.65. The van der Waals surface area contributed by atoms with Crippen LogP contribution in [0, 0.1) is 0 Å². The predicted octanol–water partition coefficient (Wildman–Crippen LogP) is 2.70. The molecule has 78 valence electrons. The molecule has 0 saturated heterocycles. The van der Waals surface area contributed by atoms with E-state index >= 15 is 0 Å². The quantitative estimate of drug-likeness (QED) is 0.771. The van der Waals surface area contributed by atoms with Crippen molar-refractivity contribution < 1.29 is 18.0 Å². The standard InChI is InChI=1S/C8H6F3NO.ClH/c9-8(10,11)6-1-3-7(4-2-6)12-5-13;/h1-5H,(H,12,13);1H. The summed E-state index contributed by atoms with van der Waals surface area (Å²) in [4.78, 5) is 9.92. The number of amides is 1. The normalized spacial score (nSPS) is 10.2. The van der Waals surface area contributed by atoms with Crippen LogP contribution in [0.5, 0.6) is 0 Å². The fraction of sp³-hybridized carbons (Fsp3) is 0.125. The SMILES string of the molecule is Cl.O=CNc1ccc(C(F)(F)F)cc1. The lowest BCUT2D eigenvalue weighted by molar-refractivity contribution is -0.137. The molecule has 0 bridgehead atoms. The van der Waals surface area contributed by atoms with Gasteiger partial charge in [-0.05, 0) is 24.3 Å². The second-order valence-electron chi connectivity index (χ2n) is 2.34. The smallest absolute Gasteiger partial charge is 0.329 e. The zero-order chi connectivity index (χ0) is 9.90. The zero-order valence-electron chi connectivity index (χ0n) is 6.84. The lowest BCUT2D eigenvalue weighted by Gasteiger charge is -2.06. The van der Waals surface area contributed by atoms with Crippen molar-refractivity contribution >= 4 is 24.5 Å². The summed E-state index contributed by atoms with van der Waals surface area (Å²) in [6, 6.07) is 4.20. The van der Waals surface area contributed by atoms with Crippen LogP contribution in [0.15, 0.2) is 24.3 Å². The van der Waals surface area contributed by atoms with Crippen molar-refractivity contribution in [3.63, 3.8) is 0 Å². The van der Waals surface area contributed by atoms with Gasteiger partial charge in [-0.1, -0.05) is 0 Å². The van der Waals surface area contributed by atoms with Crippen molar-refractivity contribution in [3.05, 3.63) is 29.8 Å². The first-order valence-corrected chi connectivity index (χ1v) is 3.41.